The van der Waals surface area contributed by atoms with E-state index < -0.39 is 10.9 Å². The number of ether oxygens (including phenoxy) is 5. The summed E-state index contributed by atoms with van der Waals surface area (Å²) in [7, 11) is 2.72. The molecule has 10 nitrogen and oxygen atoms in total. The molecule has 10 heteroatoms. The Morgan fingerprint density at radius 2 is 2.07 bits per heavy atom. The number of rotatable bonds is 7. The van der Waals surface area contributed by atoms with Crippen molar-refractivity contribution >= 4 is 17.9 Å². The van der Waals surface area contributed by atoms with E-state index in [1.807, 2.05) is 0 Å². The highest BCUT2D eigenvalue weighted by atomic mass is 16.7. The van der Waals surface area contributed by atoms with E-state index in [2.05, 4.69) is 0 Å². The van der Waals surface area contributed by atoms with Crippen LogP contribution in [0.5, 0.6) is 17.2 Å². The molecule has 0 N–H and O–H groups in total. The zero-order chi connectivity index (χ0) is 21.0. The van der Waals surface area contributed by atoms with Gasteiger partial charge >= 0.3 is 5.97 Å². The van der Waals surface area contributed by atoms with Crippen LogP contribution in [0, 0.1) is 10.1 Å². The molecule has 0 aliphatic carbocycles. The van der Waals surface area contributed by atoms with Gasteiger partial charge in [-0.3, -0.25) is 14.9 Å². The van der Waals surface area contributed by atoms with Crippen molar-refractivity contribution in [1.29, 1.82) is 0 Å². The number of nitro benzene ring substituents is 1. The number of fused-ring (bicyclic) bond motifs is 1. The van der Waals surface area contributed by atoms with Gasteiger partial charge in [-0.25, -0.2) is 4.79 Å². The lowest BCUT2D eigenvalue weighted by Crippen LogP contribution is -2.15. The summed E-state index contributed by atoms with van der Waals surface area (Å²) >= 11 is 0. The molecule has 1 aliphatic heterocycles. The Hall–Kier alpha value is -3.66. The number of hydrogen-bond donors (Lipinski definition) is 0. The summed E-state index contributed by atoms with van der Waals surface area (Å²) in [6, 6.07) is 5.50. The van der Waals surface area contributed by atoms with E-state index >= 15 is 0 Å². The van der Waals surface area contributed by atoms with Gasteiger partial charge in [0.05, 0.1) is 25.7 Å². The number of methoxy groups -OCH3 is 2. The smallest absolute Gasteiger partial charge is 0.343 e. The average molecular weight is 403 g/mol. The first kappa shape index (κ1) is 20.1. The number of benzene rings is 2. The summed E-state index contributed by atoms with van der Waals surface area (Å²) in [5.41, 5.74) is 0.546. The maximum absolute atomic E-state index is 12.7. The van der Waals surface area contributed by atoms with Crippen molar-refractivity contribution in [2.75, 3.05) is 21.0 Å². The molecule has 2 aromatic carbocycles. The van der Waals surface area contributed by atoms with E-state index in [4.69, 9.17) is 23.7 Å². The predicted molar refractivity (Wildman–Crippen MR) is 97.4 cm³/mol. The molecular formula is C19H17NO9. The maximum Gasteiger partial charge on any atom is 0.343 e. The fourth-order valence-corrected chi connectivity index (χ4v) is 2.96. The Bertz CT molecular complexity index is 971. The van der Waals surface area contributed by atoms with Gasteiger partial charge in [0.15, 0.2) is 24.6 Å². The van der Waals surface area contributed by atoms with Crippen molar-refractivity contribution in [3.05, 3.63) is 56.6 Å². The summed E-state index contributed by atoms with van der Waals surface area (Å²) in [5, 5.41) is 11.2. The van der Waals surface area contributed by atoms with Gasteiger partial charge in [-0.2, -0.15) is 0 Å². The van der Waals surface area contributed by atoms with Crippen molar-refractivity contribution in [3.63, 3.8) is 0 Å². The Labute approximate surface area is 165 Å². The molecule has 2 aromatic rings. The van der Waals surface area contributed by atoms with Gasteiger partial charge in [0.1, 0.15) is 17.9 Å². The highest BCUT2D eigenvalue weighted by molar-refractivity contribution is 6.01. The lowest BCUT2D eigenvalue weighted by molar-refractivity contribution is -0.385. The Morgan fingerprint density at radius 1 is 1.28 bits per heavy atom. The minimum atomic E-state index is -0.852. The number of nitrogens with zero attached hydrogens (tertiary/aromatic N) is 1. The molecule has 0 saturated heterocycles. The number of non-ortho nitro benzene ring substituents is 1. The van der Waals surface area contributed by atoms with E-state index in [0.717, 1.165) is 0 Å². The third kappa shape index (κ3) is 3.97. The van der Waals surface area contributed by atoms with E-state index in [0.29, 0.717) is 23.2 Å². The van der Waals surface area contributed by atoms with Crippen LogP contribution in [-0.4, -0.2) is 38.2 Å². The SMILES string of the molecule is COc1ccc(C=O)c(C(=O)OCc2cc([N+](=O)[O-])cc3c2OCOC3)c1OC. The summed E-state index contributed by atoms with van der Waals surface area (Å²) in [6.07, 6.45) is 0.494. The first-order valence-electron chi connectivity index (χ1n) is 8.38. The minimum Gasteiger partial charge on any atom is -0.493 e. The third-order valence-corrected chi connectivity index (χ3v) is 4.25. The molecule has 0 fully saturated rings. The van der Waals surface area contributed by atoms with Crippen LogP contribution in [0.4, 0.5) is 5.69 Å². The molecule has 1 heterocycles. The van der Waals surface area contributed by atoms with E-state index in [1.54, 1.807) is 0 Å². The van der Waals surface area contributed by atoms with Crippen molar-refractivity contribution < 1.29 is 38.2 Å². The van der Waals surface area contributed by atoms with Crippen molar-refractivity contribution in [2.45, 2.75) is 13.2 Å². The monoisotopic (exact) mass is 403 g/mol. The van der Waals surface area contributed by atoms with Crippen molar-refractivity contribution in [1.82, 2.24) is 0 Å². The lowest BCUT2D eigenvalue weighted by Gasteiger charge is -2.20. The topological polar surface area (TPSA) is 123 Å². The van der Waals surface area contributed by atoms with Crippen LogP contribution >= 0.6 is 0 Å². The molecule has 0 atom stereocenters. The van der Waals surface area contributed by atoms with Gasteiger partial charge in [0, 0.05) is 28.8 Å². The fraction of sp³-hybridized carbons (Fsp3) is 0.263. The van der Waals surface area contributed by atoms with Gasteiger partial charge in [-0.1, -0.05) is 0 Å². The number of esters is 1. The third-order valence-electron chi connectivity index (χ3n) is 4.25. The normalized spacial score (nSPS) is 12.3. The number of hydrogen-bond acceptors (Lipinski definition) is 9. The molecule has 0 unspecified atom stereocenters. The van der Waals surface area contributed by atoms with Crippen LogP contribution in [0.2, 0.25) is 0 Å². The first-order valence-corrected chi connectivity index (χ1v) is 8.38. The highest BCUT2D eigenvalue weighted by Gasteiger charge is 2.25. The average Bonchev–Trinajstić information content (AvgIpc) is 2.75. The molecular weight excluding hydrogens is 386 g/mol. The molecule has 0 spiro atoms. The van der Waals surface area contributed by atoms with Crippen LogP contribution in [0.1, 0.15) is 31.8 Å². The van der Waals surface area contributed by atoms with Gasteiger partial charge in [0.2, 0.25) is 0 Å². The molecule has 152 valence electrons. The second kappa shape index (κ2) is 8.57. The van der Waals surface area contributed by atoms with E-state index in [9.17, 15) is 19.7 Å². The van der Waals surface area contributed by atoms with Crippen LogP contribution in [-0.2, 0) is 22.7 Å². The number of nitro groups is 1. The number of carbonyl (C=O) groups excluding carboxylic acids is 2. The second-order valence-electron chi connectivity index (χ2n) is 5.92. The van der Waals surface area contributed by atoms with Crippen molar-refractivity contribution in [3.8, 4) is 17.2 Å². The fourth-order valence-electron chi connectivity index (χ4n) is 2.96. The van der Waals surface area contributed by atoms with Crippen LogP contribution < -0.4 is 14.2 Å². The summed E-state index contributed by atoms with van der Waals surface area (Å²) in [5.74, 6) is -0.191. The quantitative estimate of drug-likeness (QED) is 0.297. The molecule has 0 radical (unpaired) electrons. The van der Waals surface area contributed by atoms with Crippen LogP contribution in [0.25, 0.3) is 0 Å². The Balaban J connectivity index is 1.93. The van der Waals surface area contributed by atoms with Gasteiger partial charge in [-0.05, 0) is 12.1 Å². The molecule has 0 amide bonds. The summed E-state index contributed by atoms with van der Waals surface area (Å²) < 4.78 is 26.2. The van der Waals surface area contributed by atoms with Gasteiger partial charge < -0.3 is 23.7 Å². The molecule has 1 aliphatic rings. The highest BCUT2D eigenvalue weighted by Crippen LogP contribution is 2.35. The van der Waals surface area contributed by atoms with Crippen molar-refractivity contribution in [2.24, 2.45) is 0 Å². The van der Waals surface area contributed by atoms with Crippen LogP contribution in [0.15, 0.2) is 24.3 Å². The van der Waals surface area contributed by atoms with E-state index in [1.165, 1.54) is 38.5 Å². The zero-order valence-corrected chi connectivity index (χ0v) is 15.6. The second-order valence-corrected chi connectivity index (χ2v) is 5.92. The summed E-state index contributed by atoms with van der Waals surface area (Å²) in [6.45, 7) is -0.205. The Kier molecular flexibility index (Phi) is 5.93. The largest absolute Gasteiger partial charge is 0.493 e. The Morgan fingerprint density at radius 3 is 2.72 bits per heavy atom. The molecule has 29 heavy (non-hydrogen) atoms. The van der Waals surface area contributed by atoms with Crippen LogP contribution in [0.3, 0.4) is 0 Å². The molecule has 0 aromatic heterocycles. The lowest BCUT2D eigenvalue weighted by atomic mass is 10.1. The number of carbonyl (C=O) groups is 2. The maximum atomic E-state index is 12.7. The van der Waals surface area contributed by atoms with Gasteiger partial charge in [-0.15, -0.1) is 0 Å². The minimum absolute atomic E-state index is 0.0231. The molecule has 0 saturated carbocycles. The molecule has 0 bridgehead atoms. The standard InChI is InChI=1S/C19H17NO9/c1-25-15-4-3-11(7-21)16(18(15)26-2)19(22)28-9-13-6-14(20(23)24)5-12-8-27-10-29-17(12)13/h3-7H,8-10H2,1-2H3. The number of aldehydes is 1. The molecule has 3 rings (SSSR count). The zero-order valence-electron chi connectivity index (χ0n) is 15.6. The first-order chi connectivity index (χ1) is 14.0. The van der Waals surface area contributed by atoms with Gasteiger partial charge in [0.25, 0.3) is 5.69 Å². The summed E-state index contributed by atoms with van der Waals surface area (Å²) in [4.78, 5) is 34.7. The van der Waals surface area contributed by atoms with E-state index in [-0.39, 0.29) is 48.3 Å². The predicted octanol–water partition coefficient (Wildman–Crippen LogP) is 2.65.